The lowest BCUT2D eigenvalue weighted by atomic mass is 9.59. The normalized spacial score (nSPS) is 32.9. The summed E-state index contributed by atoms with van der Waals surface area (Å²) in [5.41, 5.74) is -1.74. The molecule has 5 heteroatoms. The third-order valence-corrected chi connectivity index (χ3v) is 3.27. The van der Waals surface area contributed by atoms with Gasteiger partial charge in [0.1, 0.15) is 11.2 Å². The fourth-order valence-electron chi connectivity index (χ4n) is 2.31. The summed E-state index contributed by atoms with van der Waals surface area (Å²) in [4.78, 5) is 3.95. The highest BCUT2D eigenvalue weighted by Crippen LogP contribution is 2.49. The van der Waals surface area contributed by atoms with Gasteiger partial charge in [0.05, 0.1) is 17.4 Å². The Bertz CT molecular complexity index is 473. The van der Waals surface area contributed by atoms with Crippen molar-refractivity contribution in [3.63, 3.8) is 0 Å². The van der Waals surface area contributed by atoms with E-state index in [2.05, 4.69) is 27.0 Å². The molecule has 1 aromatic heterocycles. The number of rotatable bonds is 1. The van der Waals surface area contributed by atoms with Crippen LogP contribution in [-0.2, 0) is 5.41 Å². The van der Waals surface area contributed by atoms with Gasteiger partial charge in [-0.05, 0) is 28.9 Å². The van der Waals surface area contributed by atoms with Gasteiger partial charge in [0.25, 0.3) is 0 Å². The predicted molar refractivity (Wildman–Crippen MR) is 59.0 cm³/mol. The molecule has 3 nitrogen and oxygen atoms in total. The summed E-state index contributed by atoms with van der Waals surface area (Å²) in [6.07, 6.45) is 1.91. The van der Waals surface area contributed by atoms with Gasteiger partial charge in [-0.2, -0.15) is 5.26 Å². The molecule has 0 spiro atoms. The highest BCUT2D eigenvalue weighted by molar-refractivity contribution is 9.10. The Morgan fingerprint density at radius 2 is 2.25 bits per heavy atom. The Morgan fingerprint density at radius 3 is 2.69 bits per heavy atom. The van der Waals surface area contributed by atoms with Gasteiger partial charge in [-0.3, -0.25) is 4.98 Å². The first-order valence-electron chi connectivity index (χ1n) is 4.84. The van der Waals surface area contributed by atoms with Gasteiger partial charge in [-0.25, -0.2) is 4.39 Å². The highest BCUT2D eigenvalue weighted by atomic mass is 79.9. The molecule has 16 heavy (non-hydrogen) atoms. The fraction of sp³-hybridized carbons (Fsp3) is 0.455. The first kappa shape index (κ1) is 11.5. The monoisotopic (exact) mass is 284 g/mol. The van der Waals surface area contributed by atoms with Crippen molar-refractivity contribution in [3.05, 3.63) is 28.2 Å². The van der Waals surface area contributed by atoms with E-state index >= 15 is 0 Å². The van der Waals surface area contributed by atoms with Crippen LogP contribution in [0, 0.1) is 17.1 Å². The molecule has 0 bridgehead atoms. The quantitative estimate of drug-likeness (QED) is 0.861. The molecule has 1 saturated carbocycles. The zero-order chi connectivity index (χ0) is 12.0. The van der Waals surface area contributed by atoms with Crippen molar-refractivity contribution in [2.45, 2.75) is 30.8 Å². The largest absolute Gasteiger partial charge is 0.390 e. The number of aromatic nitrogens is 1. The van der Waals surface area contributed by atoms with Gasteiger partial charge < -0.3 is 5.11 Å². The zero-order valence-corrected chi connectivity index (χ0v) is 10.3. The van der Waals surface area contributed by atoms with Crippen molar-refractivity contribution in [2.75, 3.05) is 0 Å². The highest BCUT2D eigenvalue weighted by Gasteiger charge is 2.54. The maximum absolute atomic E-state index is 13.7. The molecular weight excluding hydrogens is 275 g/mol. The molecule has 1 heterocycles. The summed E-state index contributed by atoms with van der Waals surface area (Å²) in [5.74, 6) is -0.508. The van der Waals surface area contributed by atoms with Gasteiger partial charge in [0.15, 0.2) is 0 Å². The number of nitriles is 1. The lowest BCUT2D eigenvalue weighted by molar-refractivity contribution is -0.0579. The SMILES string of the molecule is C[C@]1(O)C[C@](C#N)(c2ncc(Br)cc2F)C1. The second kappa shape index (κ2) is 3.51. The minimum atomic E-state index is -0.978. The minimum absolute atomic E-state index is 0.129. The van der Waals surface area contributed by atoms with Crippen molar-refractivity contribution in [3.8, 4) is 6.07 Å². The van der Waals surface area contributed by atoms with E-state index < -0.39 is 16.8 Å². The van der Waals surface area contributed by atoms with E-state index in [1.165, 1.54) is 12.3 Å². The summed E-state index contributed by atoms with van der Waals surface area (Å²) < 4.78 is 14.2. The number of hydrogen-bond donors (Lipinski definition) is 1. The van der Waals surface area contributed by atoms with Crippen LogP contribution in [0.25, 0.3) is 0 Å². The Morgan fingerprint density at radius 1 is 1.62 bits per heavy atom. The van der Waals surface area contributed by atoms with Crippen LogP contribution in [0.2, 0.25) is 0 Å². The van der Waals surface area contributed by atoms with Crippen LogP contribution < -0.4 is 0 Å². The van der Waals surface area contributed by atoms with Crippen LogP contribution in [0.15, 0.2) is 16.7 Å². The van der Waals surface area contributed by atoms with Crippen LogP contribution in [0.1, 0.15) is 25.5 Å². The Labute approximate surface area is 101 Å². The molecule has 1 fully saturated rings. The smallest absolute Gasteiger partial charge is 0.147 e. The molecule has 0 saturated heterocycles. The van der Waals surface area contributed by atoms with Gasteiger partial charge in [0, 0.05) is 23.5 Å². The molecule has 84 valence electrons. The number of nitrogens with zero attached hydrogens (tertiary/aromatic N) is 2. The summed E-state index contributed by atoms with van der Waals surface area (Å²) >= 11 is 3.11. The van der Waals surface area contributed by atoms with E-state index in [1.54, 1.807) is 6.92 Å². The lowest BCUT2D eigenvalue weighted by Crippen LogP contribution is -2.52. The third kappa shape index (κ3) is 1.72. The summed E-state index contributed by atoms with van der Waals surface area (Å²) in [6.45, 7) is 1.64. The van der Waals surface area contributed by atoms with E-state index in [1.807, 2.05) is 0 Å². The van der Waals surface area contributed by atoms with E-state index in [-0.39, 0.29) is 18.5 Å². The minimum Gasteiger partial charge on any atom is -0.390 e. The van der Waals surface area contributed by atoms with Crippen LogP contribution in [0.5, 0.6) is 0 Å². The van der Waals surface area contributed by atoms with Crippen LogP contribution in [0.3, 0.4) is 0 Å². The van der Waals surface area contributed by atoms with Crippen LogP contribution in [-0.4, -0.2) is 15.7 Å². The molecule has 2 rings (SSSR count). The molecule has 0 radical (unpaired) electrons. The molecule has 1 aliphatic carbocycles. The molecule has 0 unspecified atom stereocenters. The standard InChI is InChI=1S/C11H10BrFN2O/c1-10(16)4-11(5-10,6-14)9-8(13)2-7(12)3-15-9/h2-3,16H,4-5H2,1H3/t10-,11-. The third-order valence-electron chi connectivity index (χ3n) is 2.84. The van der Waals surface area contributed by atoms with E-state index in [0.717, 1.165) is 0 Å². The van der Waals surface area contributed by atoms with Crippen LogP contribution in [0.4, 0.5) is 4.39 Å². The van der Waals surface area contributed by atoms with Crippen molar-refractivity contribution in [2.24, 2.45) is 0 Å². The Balaban J connectivity index is 2.41. The molecule has 0 aromatic carbocycles. The number of halogens is 2. The fourth-order valence-corrected chi connectivity index (χ4v) is 2.62. The molecule has 0 amide bonds. The second-order valence-corrected chi connectivity index (χ2v) is 5.44. The maximum Gasteiger partial charge on any atom is 0.147 e. The van der Waals surface area contributed by atoms with Crippen molar-refractivity contribution < 1.29 is 9.50 Å². The van der Waals surface area contributed by atoms with E-state index in [4.69, 9.17) is 5.26 Å². The average molecular weight is 285 g/mol. The molecule has 0 atom stereocenters. The first-order valence-corrected chi connectivity index (χ1v) is 5.63. The average Bonchev–Trinajstić information content (AvgIpc) is 2.13. The second-order valence-electron chi connectivity index (χ2n) is 4.53. The van der Waals surface area contributed by atoms with E-state index in [9.17, 15) is 9.50 Å². The lowest BCUT2D eigenvalue weighted by Gasteiger charge is -2.46. The Kier molecular flexibility index (Phi) is 2.52. The van der Waals surface area contributed by atoms with Crippen LogP contribution >= 0.6 is 15.9 Å². The number of hydrogen-bond acceptors (Lipinski definition) is 3. The van der Waals surface area contributed by atoms with Gasteiger partial charge in [-0.15, -0.1) is 0 Å². The maximum atomic E-state index is 13.7. The molecule has 1 aromatic rings. The van der Waals surface area contributed by atoms with Gasteiger partial charge in [0.2, 0.25) is 0 Å². The molecule has 1 aliphatic rings. The molecular formula is C11H10BrFN2O. The van der Waals surface area contributed by atoms with Crippen molar-refractivity contribution >= 4 is 15.9 Å². The predicted octanol–water partition coefficient (Wildman–Crippen LogP) is 2.29. The Hall–Kier alpha value is -0.990. The zero-order valence-electron chi connectivity index (χ0n) is 8.67. The summed E-state index contributed by atoms with van der Waals surface area (Å²) in [7, 11) is 0. The number of aliphatic hydroxyl groups is 1. The first-order chi connectivity index (χ1) is 7.38. The van der Waals surface area contributed by atoms with Gasteiger partial charge in [-0.1, -0.05) is 0 Å². The topological polar surface area (TPSA) is 56.9 Å². The number of pyridine rings is 1. The van der Waals surface area contributed by atoms with Crippen molar-refractivity contribution in [1.82, 2.24) is 4.98 Å². The summed E-state index contributed by atoms with van der Waals surface area (Å²) in [6, 6.07) is 3.36. The van der Waals surface area contributed by atoms with E-state index in [0.29, 0.717) is 4.47 Å². The van der Waals surface area contributed by atoms with Gasteiger partial charge >= 0.3 is 0 Å². The summed E-state index contributed by atoms with van der Waals surface area (Å²) in [5, 5.41) is 18.8. The molecule has 0 aliphatic heterocycles. The van der Waals surface area contributed by atoms with Crippen molar-refractivity contribution in [1.29, 1.82) is 5.26 Å². The molecule has 1 N–H and O–H groups in total.